The second-order valence-corrected chi connectivity index (χ2v) is 12.3. The number of esters is 1. The van der Waals surface area contributed by atoms with Crippen LogP contribution in [0.1, 0.15) is 56.1 Å². The first kappa shape index (κ1) is 24.8. The molecule has 1 aromatic rings. The molecule has 35 heavy (non-hydrogen) atoms. The van der Waals surface area contributed by atoms with Gasteiger partial charge in [0.2, 0.25) is 0 Å². The van der Waals surface area contributed by atoms with Crippen LogP contribution in [-0.2, 0) is 14.3 Å². The molecule has 4 aliphatic rings. The number of alkyl halides is 2. The van der Waals surface area contributed by atoms with Crippen LogP contribution in [0, 0.1) is 28.6 Å². The Bertz CT molecular complexity index is 1150. The zero-order valence-corrected chi connectivity index (χ0v) is 21.6. The number of carbonyl (C=O) groups is 3. The van der Waals surface area contributed by atoms with Crippen molar-refractivity contribution in [3.05, 3.63) is 46.2 Å². The molecule has 0 aromatic carbocycles. The minimum Gasteiger partial charge on any atom is -0.446 e. The molecule has 3 fully saturated rings. The highest BCUT2D eigenvalue weighted by Gasteiger charge is 2.77. The SMILES string of the molecule is C[C@H]1CC2C3CCC4=CC(=O)C=CC4(C)[C@@]3(F)C(O)CC2(C)[C@@]1(OC(=O)c1cccs1)C(=O)CCl. The molecule has 1 aromatic heterocycles. The number of thiophene rings is 1. The number of ether oxygens (including phenoxy) is 1. The Morgan fingerprint density at radius 2 is 2.06 bits per heavy atom. The predicted molar refractivity (Wildman–Crippen MR) is 131 cm³/mol. The monoisotopic (exact) mass is 520 g/mol. The van der Waals surface area contributed by atoms with Gasteiger partial charge in [0.05, 0.1) is 12.0 Å². The number of aliphatic hydroxyl groups excluding tert-OH is 1. The number of carbonyl (C=O) groups excluding carboxylic acids is 3. The fraction of sp³-hybridized carbons (Fsp3) is 0.593. The number of hydrogen-bond acceptors (Lipinski definition) is 6. The van der Waals surface area contributed by atoms with Crippen LogP contribution < -0.4 is 0 Å². The van der Waals surface area contributed by atoms with Crippen LogP contribution in [0.4, 0.5) is 4.39 Å². The first-order valence-corrected chi connectivity index (χ1v) is 13.5. The Hall–Kier alpha value is -1.83. The lowest BCUT2D eigenvalue weighted by Gasteiger charge is -2.62. The van der Waals surface area contributed by atoms with Crippen LogP contribution in [0.2, 0.25) is 0 Å². The summed E-state index contributed by atoms with van der Waals surface area (Å²) >= 11 is 7.32. The van der Waals surface area contributed by atoms with Crippen molar-refractivity contribution in [2.75, 3.05) is 5.88 Å². The normalized spacial score (nSPS) is 44.2. The van der Waals surface area contributed by atoms with Gasteiger partial charge in [0, 0.05) is 22.7 Å². The van der Waals surface area contributed by atoms with E-state index in [4.69, 9.17) is 16.3 Å². The third-order valence-electron chi connectivity index (χ3n) is 9.69. The molecule has 5 nitrogen and oxygen atoms in total. The zero-order valence-electron chi connectivity index (χ0n) is 20.1. The smallest absolute Gasteiger partial charge is 0.349 e. The molecule has 1 heterocycles. The summed E-state index contributed by atoms with van der Waals surface area (Å²) in [6.07, 6.45) is 4.45. The van der Waals surface area contributed by atoms with Crippen molar-refractivity contribution in [1.29, 1.82) is 0 Å². The van der Waals surface area contributed by atoms with Crippen molar-refractivity contribution < 1.29 is 28.6 Å². The van der Waals surface area contributed by atoms with Crippen molar-refractivity contribution >= 4 is 40.5 Å². The van der Waals surface area contributed by atoms with Gasteiger partial charge in [-0.25, -0.2) is 9.18 Å². The average molecular weight is 521 g/mol. The highest BCUT2D eigenvalue weighted by molar-refractivity contribution is 7.12. The van der Waals surface area contributed by atoms with Gasteiger partial charge in [0.1, 0.15) is 4.88 Å². The third kappa shape index (κ3) is 3.04. The molecule has 4 aliphatic carbocycles. The first-order chi connectivity index (χ1) is 16.5. The summed E-state index contributed by atoms with van der Waals surface area (Å²) in [5, 5.41) is 13.3. The van der Waals surface area contributed by atoms with Crippen molar-refractivity contribution in [3.8, 4) is 0 Å². The minimum atomic E-state index is -2.02. The van der Waals surface area contributed by atoms with Gasteiger partial charge in [-0.15, -0.1) is 22.9 Å². The fourth-order valence-electron chi connectivity index (χ4n) is 8.09. The maximum Gasteiger partial charge on any atom is 0.349 e. The van der Waals surface area contributed by atoms with Gasteiger partial charge in [-0.05, 0) is 62.1 Å². The van der Waals surface area contributed by atoms with Gasteiger partial charge >= 0.3 is 5.97 Å². The topological polar surface area (TPSA) is 80.7 Å². The molecule has 0 bridgehead atoms. The van der Waals surface area contributed by atoms with Gasteiger partial charge in [0.15, 0.2) is 22.8 Å². The summed E-state index contributed by atoms with van der Waals surface area (Å²) in [5.41, 5.74) is -5.02. The molecule has 0 amide bonds. The summed E-state index contributed by atoms with van der Waals surface area (Å²) in [7, 11) is 0. The summed E-state index contributed by atoms with van der Waals surface area (Å²) < 4.78 is 23.5. The molecular weight excluding hydrogens is 491 g/mol. The van der Waals surface area contributed by atoms with Crippen molar-refractivity contribution in [1.82, 2.24) is 0 Å². The lowest BCUT2D eigenvalue weighted by atomic mass is 9.44. The lowest BCUT2D eigenvalue weighted by molar-refractivity contribution is -0.218. The van der Waals surface area contributed by atoms with Gasteiger partial charge in [-0.1, -0.05) is 31.6 Å². The third-order valence-corrected chi connectivity index (χ3v) is 10.8. The predicted octanol–water partition coefficient (Wildman–Crippen LogP) is 5.07. The maximum absolute atomic E-state index is 17.3. The van der Waals surface area contributed by atoms with Crippen molar-refractivity contribution in [3.63, 3.8) is 0 Å². The number of halogens is 2. The quantitative estimate of drug-likeness (QED) is 0.443. The molecule has 8 heteroatoms. The molecule has 0 aliphatic heterocycles. The van der Waals surface area contributed by atoms with E-state index in [1.807, 2.05) is 13.8 Å². The van der Waals surface area contributed by atoms with E-state index in [9.17, 15) is 19.5 Å². The summed E-state index contributed by atoms with van der Waals surface area (Å²) in [5.74, 6) is -2.84. The summed E-state index contributed by atoms with van der Waals surface area (Å²) in [6.45, 7) is 5.47. The van der Waals surface area contributed by atoms with E-state index in [-0.39, 0.29) is 24.0 Å². The molecule has 188 valence electrons. The molecule has 3 saturated carbocycles. The van der Waals surface area contributed by atoms with Crippen LogP contribution in [0.15, 0.2) is 41.3 Å². The Morgan fingerprint density at radius 1 is 1.31 bits per heavy atom. The molecular formula is C27H30ClFO5S. The van der Waals surface area contributed by atoms with Crippen LogP contribution in [0.5, 0.6) is 0 Å². The van der Waals surface area contributed by atoms with E-state index in [1.165, 1.54) is 23.5 Å². The zero-order chi connectivity index (χ0) is 25.4. The first-order valence-electron chi connectivity index (χ1n) is 12.1. The highest BCUT2D eigenvalue weighted by Crippen LogP contribution is 2.71. The minimum absolute atomic E-state index is 0.0555. The van der Waals surface area contributed by atoms with Crippen LogP contribution >= 0.6 is 22.9 Å². The Balaban J connectivity index is 1.61. The maximum atomic E-state index is 17.3. The molecule has 0 radical (unpaired) electrons. The van der Waals surface area contributed by atoms with Crippen molar-refractivity contribution in [2.24, 2.45) is 28.6 Å². The highest BCUT2D eigenvalue weighted by atomic mass is 35.5. The average Bonchev–Trinajstić information content (AvgIpc) is 3.42. The van der Waals surface area contributed by atoms with Crippen molar-refractivity contribution in [2.45, 2.75) is 63.8 Å². The number of Topliss-reactive ketones (excluding diaryl/α,β-unsaturated/α-hetero) is 1. The van der Waals surface area contributed by atoms with Gasteiger partial charge < -0.3 is 9.84 Å². The lowest BCUT2D eigenvalue weighted by Crippen LogP contribution is -2.70. The Labute approximate surface area is 213 Å². The van der Waals surface area contributed by atoms with E-state index in [0.717, 1.165) is 0 Å². The number of hydrogen-bond donors (Lipinski definition) is 1. The number of rotatable bonds is 4. The van der Waals surface area contributed by atoms with Crippen LogP contribution in [0.25, 0.3) is 0 Å². The van der Waals surface area contributed by atoms with Crippen LogP contribution in [-0.4, -0.2) is 45.9 Å². The number of allylic oxidation sites excluding steroid dienone is 4. The van der Waals surface area contributed by atoms with E-state index in [1.54, 1.807) is 30.5 Å². The molecule has 8 atom stereocenters. The van der Waals surface area contributed by atoms with Gasteiger partial charge in [-0.3, -0.25) is 9.59 Å². The van der Waals surface area contributed by atoms with E-state index in [2.05, 4.69) is 0 Å². The molecule has 5 unspecified atom stereocenters. The van der Waals surface area contributed by atoms with Gasteiger partial charge in [-0.2, -0.15) is 0 Å². The number of ketones is 2. The number of fused-ring (bicyclic) bond motifs is 5. The fourth-order valence-corrected chi connectivity index (χ4v) is 8.89. The summed E-state index contributed by atoms with van der Waals surface area (Å²) in [6, 6.07) is 3.37. The number of aliphatic hydroxyl groups is 1. The van der Waals surface area contributed by atoms with E-state index < -0.39 is 51.8 Å². The van der Waals surface area contributed by atoms with E-state index in [0.29, 0.717) is 29.7 Å². The molecule has 0 saturated heterocycles. The second kappa shape index (κ2) is 8.09. The van der Waals surface area contributed by atoms with E-state index >= 15 is 4.39 Å². The van der Waals surface area contributed by atoms with Gasteiger partial charge in [0.25, 0.3) is 0 Å². The molecule has 0 spiro atoms. The molecule has 1 N–H and O–H groups in total. The standard InChI is InChI=1S/C27H30ClFO5S/c1-15-11-19-18-7-6-16-12-17(30)8-9-24(16,2)26(18,29)21(31)13-25(19,3)27(15,22(32)14-28)34-23(33)20-5-4-10-35-20/h4-5,8-10,12,15,18-19,21,31H,6-7,11,13-14H2,1-3H3/t15-,18?,19?,21?,24?,25?,26-,27-/m0/s1. The Morgan fingerprint density at radius 3 is 2.71 bits per heavy atom. The second-order valence-electron chi connectivity index (χ2n) is 11.1. The Kier molecular flexibility index (Phi) is 5.74. The molecule has 5 rings (SSSR count). The summed E-state index contributed by atoms with van der Waals surface area (Å²) in [4.78, 5) is 39.1. The largest absolute Gasteiger partial charge is 0.446 e. The van der Waals surface area contributed by atoms with Crippen LogP contribution in [0.3, 0.4) is 0 Å².